The van der Waals surface area contributed by atoms with E-state index in [2.05, 4.69) is 27.3 Å². The standard InChI is InChI=1S/C16H14BrFN2/c1-10-5-11(2)16(14(17)6-10)20-9-13-7-12(8-19)3-4-15(13)18/h3-7,20H,9H2,1-2H3. The summed E-state index contributed by atoms with van der Waals surface area (Å²) in [5, 5.41) is 12.1. The van der Waals surface area contributed by atoms with Crippen molar-refractivity contribution in [1.82, 2.24) is 0 Å². The zero-order valence-electron chi connectivity index (χ0n) is 11.3. The summed E-state index contributed by atoms with van der Waals surface area (Å²) < 4.78 is 14.7. The fraction of sp³-hybridized carbons (Fsp3) is 0.188. The molecule has 0 aromatic heterocycles. The maximum Gasteiger partial charge on any atom is 0.128 e. The van der Waals surface area contributed by atoms with E-state index in [-0.39, 0.29) is 5.82 Å². The molecule has 0 radical (unpaired) electrons. The number of anilines is 1. The lowest BCUT2D eigenvalue weighted by Gasteiger charge is -2.13. The van der Waals surface area contributed by atoms with Crippen LogP contribution >= 0.6 is 15.9 Å². The van der Waals surface area contributed by atoms with Crippen molar-refractivity contribution in [2.24, 2.45) is 0 Å². The van der Waals surface area contributed by atoms with Gasteiger partial charge < -0.3 is 5.32 Å². The first-order valence-electron chi connectivity index (χ1n) is 6.20. The van der Waals surface area contributed by atoms with Gasteiger partial charge in [0.2, 0.25) is 0 Å². The molecule has 1 N–H and O–H groups in total. The van der Waals surface area contributed by atoms with Gasteiger partial charge in [0.05, 0.1) is 17.3 Å². The van der Waals surface area contributed by atoms with Crippen molar-refractivity contribution in [1.29, 1.82) is 5.26 Å². The fourth-order valence-electron chi connectivity index (χ4n) is 2.10. The average Bonchev–Trinajstić information content (AvgIpc) is 2.39. The second-order valence-electron chi connectivity index (χ2n) is 4.71. The third-order valence-electron chi connectivity index (χ3n) is 3.06. The van der Waals surface area contributed by atoms with Crippen molar-refractivity contribution in [3.05, 3.63) is 62.9 Å². The first-order chi connectivity index (χ1) is 9.51. The molecular weight excluding hydrogens is 319 g/mol. The molecule has 2 aromatic rings. The van der Waals surface area contributed by atoms with Gasteiger partial charge in [-0.25, -0.2) is 4.39 Å². The van der Waals surface area contributed by atoms with Crippen LogP contribution in [0.5, 0.6) is 0 Å². The molecule has 0 aliphatic heterocycles. The molecule has 20 heavy (non-hydrogen) atoms. The quantitative estimate of drug-likeness (QED) is 0.885. The lowest BCUT2D eigenvalue weighted by atomic mass is 10.1. The van der Waals surface area contributed by atoms with Crippen molar-refractivity contribution in [3.8, 4) is 6.07 Å². The van der Waals surface area contributed by atoms with Gasteiger partial charge >= 0.3 is 0 Å². The molecular formula is C16H14BrFN2. The summed E-state index contributed by atoms with van der Waals surface area (Å²) in [6, 6.07) is 10.5. The van der Waals surface area contributed by atoms with Gasteiger partial charge in [0.15, 0.2) is 0 Å². The summed E-state index contributed by atoms with van der Waals surface area (Å²) in [5.41, 5.74) is 4.14. The number of hydrogen-bond acceptors (Lipinski definition) is 2. The summed E-state index contributed by atoms with van der Waals surface area (Å²) in [6.45, 7) is 4.36. The third-order valence-corrected chi connectivity index (χ3v) is 3.69. The van der Waals surface area contributed by atoms with Crippen LogP contribution in [0.2, 0.25) is 0 Å². The Morgan fingerprint density at radius 3 is 2.65 bits per heavy atom. The third kappa shape index (κ3) is 3.17. The molecule has 0 spiro atoms. The Bertz CT molecular complexity index is 666. The van der Waals surface area contributed by atoms with Gasteiger partial charge in [-0.2, -0.15) is 5.26 Å². The highest BCUT2D eigenvalue weighted by atomic mass is 79.9. The highest BCUT2D eigenvalue weighted by molar-refractivity contribution is 9.10. The maximum atomic E-state index is 13.7. The summed E-state index contributed by atoms with van der Waals surface area (Å²) >= 11 is 3.51. The predicted octanol–water partition coefficient (Wildman–Crippen LogP) is 4.69. The van der Waals surface area contributed by atoms with Crippen LogP contribution in [-0.2, 0) is 6.54 Å². The van der Waals surface area contributed by atoms with Crippen LogP contribution in [0.1, 0.15) is 22.3 Å². The van der Waals surface area contributed by atoms with E-state index in [0.717, 1.165) is 21.3 Å². The lowest BCUT2D eigenvalue weighted by Crippen LogP contribution is -2.04. The van der Waals surface area contributed by atoms with Gasteiger partial charge in [0.25, 0.3) is 0 Å². The Balaban J connectivity index is 2.24. The summed E-state index contributed by atoms with van der Waals surface area (Å²) in [7, 11) is 0. The predicted molar refractivity (Wildman–Crippen MR) is 82.1 cm³/mol. The first kappa shape index (κ1) is 14.5. The minimum atomic E-state index is -0.308. The number of halogens is 2. The number of nitrogens with one attached hydrogen (secondary N) is 1. The van der Waals surface area contributed by atoms with E-state index < -0.39 is 0 Å². The van der Waals surface area contributed by atoms with E-state index in [1.54, 1.807) is 6.07 Å². The highest BCUT2D eigenvalue weighted by Gasteiger charge is 2.07. The second-order valence-corrected chi connectivity index (χ2v) is 5.56. The number of benzene rings is 2. The molecule has 102 valence electrons. The molecule has 0 saturated heterocycles. The summed E-state index contributed by atoms with van der Waals surface area (Å²) in [6.07, 6.45) is 0. The Morgan fingerprint density at radius 1 is 1.25 bits per heavy atom. The molecule has 0 saturated carbocycles. The molecule has 2 nitrogen and oxygen atoms in total. The lowest BCUT2D eigenvalue weighted by molar-refractivity contribution is 0.612. The van der Waals surface area contributed by atoms with E-state index in [0.29, 0.717) is 17.7 Å². The largest absolute Gasteiger partial charge is 0.380 e. The normalized spacial score (nSPS) is 10.2. The maximum absolute atomic E-state index is 13.7. The summed E-state index contributed by atoms with van der Waals surface area (Å²) in [4.78, 5) is 0. The van der Waals surface area contributed by atoms with E-state index in [9.17, 15) is 4.39 Å². The molecule has 0 aliphatic rings. The van der Waals surface area contributed by atoms with Crippen LogP contribution in [0.15, 0.2) is 34.8 Å². The monoisotopic (exact) mass is 332 g/mol. The minimum absolute atomic E-state index is 0.308. The number of rotatable bonds is 3. The van der Waals surface area contributed by atoms with Crippen molar-refractivity contribution in [2.75, 3.05) is 5.32 Å². The Hall–Kier alpha value is -1.86. The van der Waals surface area contributed by atoms with Gasteiger partial charge in [-0.1, -0.05) is 6.07 Å². The van der Waals surface area contributed by atoms with E-state index in [4.69, 9.17) is 5.26 Å². The van der Waals surface area contributed by atoms with Crippen LogP contribution < -0.4 is 5.32 Å². The average molecular weight is 333 g/mol. The fourth-order valence-corrected chi connectivity index (χ4v) is 2.92. The molecule has 0 amide bonds. The zero-order valence-corrected chi connectivity index (χ0v) is 12.9. The van der Waals surface area contributed by atoms with Gasteiger partial charge in [-0.3, -0.25) is 0 Å². The molecule has 0 fully saturated rings. The SMILES string of the molecule is Cc1cc(C)c(NCc2cc(C#N)ccc2F)c(Br)c1. The minimum Gasteiger partial charge on any atom is -0.380 e. The molecule has 0 bridgehead atoms. The van der Waals surface area contributed by atoms with Crippen molar-refractivity contribution in [2.45, 2.75) is 20.4 Å². The number of hydrogen-bond donors (Lipinski definition) is 1. The zero-order chi connectivity index (χ0) is 14.7. The van der Waals surface area contributed by atoms with Gasteiger partial charge in [-0.15, -0.1) is 0 Å². The second kappa shape index (κ2) is 6.06. The first-order valence-corrected chi connectivity index (χ1v) is 6.99. The Morgan fingerprint density at radius 2 is 2.00 bits per heavy atom. The molecule has 4 heteroatoms. The molecule has 0 aliphatic carbocycles. The van der Waals surface area contributed by atoms with E-state index in [1.807, 2.05) is 26.0 Å². The smallest absolute Gasteiger partial charge is 0.128 e. The molecule has 0 unspecified atom stereocenters. The molecule has 0 atom stereocenters. The van der Waals surface area contributed by atoms with Gasteiger partial charge in [-0.05, 0) is 65.2 Å². The highest BCUT2D eigenvalue weighted by Crippen LogP contribution is 2.28. The molecule has 2 aromatic carbocycles. The van der Waals surface area contributed by atoms with Crippen molar-refractivity contribution in [3.63, 3.8) is 0 Å². The van der Waals surface area contributed by atoms with Crippen LogP contribution in [0.25, 0.3) is 0 Å². The number of nitrogens with zero attached hydrogens (tertiary/aromatic N) is 1. The van der Waals surface area contributed by atoms with Crippen LogP contribution in [0.4, 0.5) is 10.1 Å². The topological polar surface area (TPSA) is 35.8 Å². The van der Waals surface area contributed by atoms with Crippen LogP contribution in [0, 0.1) is 31.0 Å². The summed E-state index contributed by atoms with van der Waals surface area (Å²) in [5.74, 6) is -0.308. The van der Waals surface area contributed by atoms with Crippen molar-refractivity contribution < 1.29 is 4.39 Å². The van der Waals surface area contributed by atoms with Gasteiger partial charge in [0.1, 0.15) is 5.82 Å². The number of aryl methyl sites for hydroxylation is 2. The Kier molecular flexibility index (Phi) is 4.41. The van der Waals surface area contributed by atoms with Crippen LogP contribution in [-0.4, -0.2) is 0 Å². The van der Waals surface area contributed by atoms with E-state index >= 15 is 0 Å². The van der Waals surface area contributed by atoms with E-state index in [1.165, 1.54) is 12.1 Å². The van der Waals surface area contributed by atoms with Crippen molar-refractivity contribution >= 4 is 21.6 Å². The van der Waals surface area contributed by atoms with Crippen LogP contribution in [0.3, 0.4) is 0 Å². The van der Waals surface area contributed by atoms with Gasteiger partial charge in [0, 0.05) is 16.6 Å². The number of nitriles is 1. The molecule has 0 heterocycles. The molecule has 2 rings (SSSR count). The Labute approximate surface area is 126 Å².